The van der Waals surface area contributed by atoms with Crippen LogP contribution in [-0.4, -0.2) is 47.6 Å². The maximum absolute atomic E-state index is 11.8. The summed E-state index contributed by atoms with van der Waals surface area (Å²) >= 11 is 0. The molecule has 1 aliphatic rings. The van der Waals surface area contributed by atoms with Crippen molar-refractivity contribution < 1.29 is 9.53 Å². The zero-order valence-corrected chi connectivity index (χ0v) is 10.9. The van der Waals surface area contributed by atoms with Crippen LogP contribution in [-0.2, 0) is 16.0 Å². The summed E-state index contributed by atoms with van der Waals surface area (Å²) in [5.41, 5.74) is 1.02. The Balaban J connectivity index is 1.90. The molecule has 1 aromatic heterocycles. The van der Waals surface area contributed by atoms with E-state index in [0.717, 1.165) is 24.5 Å². The first-order valence-corrected chi connectivity index (χ1v) is 6.24. The van der Waals surface area contributed by atoms with Gasteiger partial charge in [-0.1, -0.05) is 0 Å². The third kappa shape index (κ3) is 3.26. The van der Waals surface area contributed by atoms with E-state index < -0.39 is 0 Å². The van der Waals surface area contributed by atoms with E-state index in [4.69, 9.17) is 4.74 Å². The van der Waals surface area contributed by atoms with Gasteiger partial charge in [0, 0.05) is 38.5 Å². The lowest BCUT2D eigenvalue weighted by Gasteiger charge is -2.15. The van der Waals surface area contributed by atoms with Gasteiger partial charge >= 0.3 is 0 Å². The Kier molecular flexibility index (Phi) is 4.25. The van der Waals surface area contributed by atoms with E-state index in [9.17, 15) is 4.79 Å². The summed E-state index contributed by atoms with van der Waals surface area (Å²) in [6.45, 7) is 3.99. The van der Waals surface area contributed by atoms with Gasteiger partial charge in [-0.15, -0.1) is 0 Å². The summed E-state index contributed by atoms with van der Waals surface area (Å²) < 4.78 is 5.01. The third-order valence-electron chi connectivity index (χ3n) is 3.19. The number of likely N-dealkylation sites (tertiary alicyclic amines) is 1. The number of carbonyl (C=O) groups is 1. The molecule has 0 saturated carbocycles. The molecule has 1 aromatic rings. The molecule has 0 aromatic carbocycles. The summed E-state index contributed by atoms with van der Waals surface area (Å²) in [5.74, 6) is 1.37. The van der Waals surface area contributed by atoms with Gasteiger partial charge in [-0.25, -0.2) is 9.97 Å². The van der Waals surface area contributed by atoms with E-state index in [2.05, 4.69) is 9.97 Å². The summed E-state index contributed by atoms with van der Waals surface area (Å²) in [4.78, 5) is 22.1. The highest BCUT2D eigenvalue weighted by molar-refractivity contribution is 5.78. The van der Waals surface area contributed by atoms with E-state index in [-0.39, 0.29) is 5.91 Å². The van der Waals surface area contributed by atoms with Crippen LogP contribution >= 0.6 is 0 Å². The number of hydrogen-bond donors (Lipinski definition) is 0. The molecule has 0 unspecified atom stereocenters. The van der Waals surface area contributed by atoms with Crippen molar-refractivity contribution in [2.24, 2.45) is 5.92 Å². The lowest BCUT2D eigenvalue weighted by Crippen LogP contribution is -2.29. The minimum absolute atomic E-state index is 0.225. The first kappa shape index (κ1) is 13.0. The summed E-state index contributed by atoms with van der Waals surface area (Å²) in [6.07, 6.45) is 3.24. The van der Waals surface area contributed by atoms with Crippen LogP contribution in [0.25, 0.3) is 0 Å². The number of nitrogens with zero attached hydrogens (tertiary/aromatic N) is 3. The van der Waals surface area contributed by atoms with Gasteiger partial charge in [-0.2, -0.15) is 0 Å². The highest BCUT2D eigenvalue weighted by Gasteiger charge is 2.29. The minimum Gasteiger partial charge on any atom is -0.383 e. The van der Waals surface area contributed by atoms with Crippen LogP contribution < -0.4 is 0 Å². The minimum atomic E-state index is 0.225. The number of rotatable bonds is 5. The van der Waals surface area contributed by atoms with Gasteiger partial charge in [0.15, 0.2) is 0 Å². The lowest BCUT2D eigenvalue weighted by atomic mass is 10.0. The molecule has 1 fully saturated rings. The number of aromatic nitrogens is 2. The fourth-order valence-corrected chi connectivity index (χ4v) is 2.32. The summed E-state index contributed by atoms with van der Waals surface area (Å²) in [7, 11) is 1.65. The smallest absolute Gasteiger partial charge is 0.223 e. The first-order chi connectivity index (χ1) is 8.69. The standard InChI is InChI=1S/C13H19N3O2/c1-10-14-4-3-12(15-10)7-11-8-13(17)16(9-11)5-6-18-2/h3-4,11H,5-9H2,1-2H3/t11-/m0/s1. The lowest BCUT2D eigenvalue weighted by molar-refractivity contribution is -0.128. The van der Waals surface area contributed by atoms with Crippen LogP contribution in [0.3, 0.4) is 0 Å². The zero-order valence-electron chi connectivity index (χ0n) is 10.9. The Hall–Kier alpha value is -1.49. The number of hydrogen-bond acceptors (Lipinski definition) is 4. The van der Waals surface area contributed by atoms with Crippen molar-refractivity contribution >= 4 is 5.91 Å². The maximum Gasteiger partial charge on any atom is 0.223 e. The molecule has 0 N–H and O–H groups in total. The van der Waals surface area contributed by atoms with Crippen LogP contribution in [0.2, 0.25) is 0 Å². The van der Waals surface area contributed by atoms with Crippen LogP contribution in [0.4, 0.5) is 0 Å². The molecular formula is C13H19N3O2. The van der Waals surface area contributed by atoms with Crippen molar-refractivity contribution in [1.29, 1.82) is 0 Å². The molecule has 1 atom stereocenters. The predicted molar refractivity (Wildman–Crippen MR) is 67.0 cm³/mol. The Morgan fingerprint density at radius 1 is 1.56 bits per heavy atom. The second-order valence-corrected chi connectivity index (χ2v) is 4.70. The second kappa shape index (κ2) is 5.91. The number of methoxy groups -OCH3 is 1. The van der Waals surface area contributed by atoms with Gasteiger partial charge in [0.1, 0.15) is 5.82 Å². The highest BCUT2D eigenvalue weighted by atomic mass is 16.5. The third-order valence-corrected chi connectivity index (χ3v) is 3.19. The SMILES string of the molecule is COCCN1C[C@@H](Cc2ccnc(C)n2)CC1=O. The highest BCUT2D eigenvalue weighted by Crippen LogP contribution is 2.20. The zero-order chi connectivity index (χ0) is 13.0. The first-order valence-electron chi connectivity index (χ1n) is 6.24. The number of ether oxygens (including phenoxy) is 1. The van der Waals surface area contributed by atoms with Crippen molar-refractivity contribution in [1.82, 2.24) is 14.9 Å². The molecule has 2 heterocycles. The van der Waals surface area contributed by atoms with Crippen molar-refractivity contribution in [3.8, 4) is 0 Å². The molecule has 0 aliphatic carbocycles. The van der Waals surface area contributed by atoms with E-state index in [1.165, 1.54) is 0 Å². The average Bonchev–Trinajstić information content (AvgIpc) is 2.67. The van der Waals surface area contributed by atoms with Gasteiger partial charge in [0.05, 0.1) is 6.61 Å². The largest absolute Gasteiger partial charge is 0.383 e. The Morgan fingerprint density at radius 3 is 3.11 bits per heavy atom. The van der Waals surface area contributed by atoms with Gasteiger partial charge in [-0.05, 0) is 25.3 Å². The quantitative estimate of drug-likeness (QED) is 0.775. The molecule has 0 radical (unpaired) electrons. The molecule has 0 bridgehead atoms. The number of carbonyl (C=O) groups excluding carboxylic acids is 1. The molecule has 0 spiro atoms. The van der Waals surface area contributed by atoms with E-state index in [1.54, 1.807) is 13.3 Å². The Bertz CT molecular complexity index is 422. The predicted octanol–water partition coefficient (Wildman–Crippen LogP) is 0.822. The maximum atomic E-state index is 11.8. The fourth-order valence-electron chi connectivity index (χ4n) is 2.32. The van der Waals surface area contributed by atoms with Crippen LogP contribution in [0.1, 0.15) is 17.9 Å². The Morgan fingerprint density at radius 2 is 2.39 bits per heavy atom. The van der Waals surface area contributed by atoms with E-state index in [1.807, 2.05) is 17.9 Å². The van der Waals surface area contributed by atoms with Crippen LogP contribution in [0, 0.1) is 12.8 Å². The second-order valence-electron chi connectivity index (χ2n) is 4.70. The molecule has 1 aliphatic heterocycles. The Labute approximate surface area is 107 Å². The monoisotopic (exact) mass is 249 g/mol. The van der Waals surface area contributed by atoms with Crippen molar-refractivity contribution in [2.45, 2.75) is 19.8 Å². The number of amides is 1. The van der Waals surface area contributed by atoms with Crippen molar-refractivity contribution in [3.63, 3.8) is 0 Å². The van der Waals surface area contributed by atoms with Crippen LogP contribution in [0.5, 0.6) is 0 Å². The molecule has 2 rings (SSSR count). The molecule has 5 heteroatoms. The average molecular weight is 249 g/mol. The topological polar surface area (TPSA) is 55.3 Å². The van der Waals surface area contributed by atoms with Crippen molar-refractivity contribution in [3.05, 3.63) is 23.8 Å². The van der Waals surface area contributed by atoms with Gasteiger partial charge in [0.2, 0.25) is 5.91 Å². The molecule has 18 heavy (non-hydrogen) atoms. The molecule has 1 amide bonds. The van der Waals surface area contributed by atoms with Gasteiger partial charge < -0.3 is 9.64 Å². The molecule has 1 saturated heterocycles. The van der Waals surface area contributed by atoms with Crippen molar-refractivity contribution in [2.75, 3.05) is 26.8 Å². The summed E-state index contributed by atoms with van der Waals surface area (Å²) in [6, 6.07) is 1.93. The van der Waals surface area contributed by atoms with Gasteiger partial charge in [0.25, 0.3) is 0 Å². The van der Waals surface area contributed by atoms with E-state index in [0.29, 0.717) is 25.5 Å². The number of aryl methyl sites for hydroxylation is 1. The normalized spacial score (nSPS) is 19.6. The molecule has 98 valence electrons. The fraction of sp³-hybridized carbons (Fsp3) is 0.615. The van der Waals surface area contributed by atoms with E-state index >= 15 is 0 Å². The summed E-state index contributed by atoms with van der Waals surface area (Å²) in [5, 5.41) is 0. The van der Waals surface area contributed by atoms with Gasteiger partial charge in [-0.3, -0.25) is 4.79 Å². The van der Waals surface area contributed by atoms with Crippen LogP contribution in [0.15, 0.2) is 12.3 Å². The molecular weight excluding hydrogens is 230 g/mol. The molecule has 5 nitrogen and oxygen atoms in total.